The summed E-state index contributed by atoms with van der Waals surface area (Å²) in [7, 11) is 1.55. The maximum atomic E-state index is 12.9. The fraction of sp³-hybridized carbons (Fsp3) is 0.222. The van der Waals surface area contributed by atoms with Gasteiger partial charge < -0.3 is 9.47 Å². The molecular weight excluding hydrogens is 391 g/mol. The molecule has 0 unspecified atom stereocenters. The first kappa shape index (κ1) is 18.9. The lowest BCUT2D eigenvalue weighted by Gasteiger charge is -2.15. The second-order valence-electron chi connectivity index (χ2n) is 5.41. The molecule has 25 heavy (non-hydrogen) atoms. The first-order chi connectivity index (χ1) is 11.9. The average molecular weight is 409 g/mol. The van der Waals surface area contributed by atoms with Crippen molar-refractivity contribution in [1.82, 2.24) is 5.43 Å². The van der Waals surface area contributed by atoms with E-state index in [1.165, 1.54) is 30.5 Å². The SMILES string of the molecule is COc1cc(/C=N\NC(=O)c2ccc(F)cc2)cc(Br)c1OC(C)C. The van der Waals surface area contributed by atoms with Gasteiger partial charge in [0.05, 0.1) is 23.9 Å². The van der Waals surface area contributed by atoms with Crippen molar-refractivity contribution >= 4 is 28.1 Å². The second-order valence-corrected chi connectivity index (χ2v) is 6.26. The van der Waals surface area contributed by atoms with E-state index in [4.69, 9.17) is 9.47 Å². The molecule has 7 heteroatoms. The average Bonchev–Trinajstić information content (AvgIpc) is 2.57. The number of nitrogens with zero attached hydrogens (tertiary/aromatic N) is 1. The van der Waals surface area contributed by atoms with Crippen LogP contribution < -0.4 is 14.9 Å². The summed E-state index contributed by atoms with van der Waals surface area (Å²) in [6.45, 7) is 3.85. The number of carbonyl (C=O) groups excluding carboxylic acids is 1. The molecule has 0 aromatic heterocycles. The van der Waals surface area contributed by atoms with E-state index < -0.39 is 11.7 Å². The van der Waals surface area contributed by atoms with Gasteiger partial charge in [0, 0.05) is 5.56 Å². The van der Waals surface area contributed by atoms with Gasteiger partial charge in [-0.25, -0.2) is 9.82 Å². The zero-order valence-electron chi connectivity index (χ0n) is 14.0. The number of halogens is 2. The van der Waals surface area contributed by atoms with E-state index in [1.807, 2.05) is 13.8 Å². The summed E-state index contributed by atoms with van der Waals surface area (Å²) in [4.78, 5) is 11.9. The van der Waals surface area contributed by atoms with Gasteiger partial charge in [0.25, 0.3) is 5.91 Å². The highest BCUT2D eigenvalue weighted by atomic mass is 79.9. The Balaban J connectivity index is 2.11. The lowest BCUT2D eigenvalue weighted by Crippen LogP contribution is -2.17. The van der Waals surface area contributed by atoms with Crippen LogP contribution in [0.4, 0.5) is 4.39 Å². The summed E-state index contributed by atoms with van der Waals surface area (Å²) in [6, 6.07) is 8.75. The zero-order chi connectivity index (χ0) is 18.4. The van der Waals surface area contributed by atoms with E-state index in [2.05, 4.69) is 26.5 Å². The number of hydrazone groups is 1. The van der Waals surface area contributed by atoms with Crippen LogP contribution in [-0.4, -0.2) is 25.3 Å². The third kappa shape index (κ3) is 5.29. The van der Waals surface area contributed by atoms with E-state index in [9.17, 15) is 9.18 Å². The highest BCUT2D eigenvalue weighted by Crippen LogP contribution is 2.36. The van der Waals surface area contributed by atoms with Gasteiger partial charge in [-0.3, -0.25) is 4.79 Å². The highest BCUT2D eigenvalue weighted by molar-refractivity contribution is 9.10. The van der Waals surface area contributed by atoms with Gasteiger partial charge in [0.15, 0.2) is 11.5 Å². The number of benzene rings is 2. The molecule has 2 rings (SSSR count). The molecule has 5 nitrogen and oxygen atoms in total. The van der Waals surface area contributed by atoms with E-state index in [0.29, 0.717) is 27.1 Å². The monoisotopic (exact) mass is 408 g/mol. The third-order valence-corrected chi connectivity index (χ3v) is 3.68. The summed E-state index contributed by atoms with van der Waals surface area (Å²) >= 11 is 3.44. The Labute approximate surface area is 154 Å². The molecule has 0 spiro atoms. The van der Waals surface area contributed by atoms with Crippen LogP contribution in [0, 0.1) is 5.82 Å². The topological polar surface area (TPSA) is 59.9 Å². The van der Waals surface area contributed by atoms with Gasteiger partial charge in [-0.2, -0.15) is 5.10 Å². The van der Waals surface area contributed by atoms with Crippen molar-refractivity contribution in [3.63, 3.8) is 0 Å². The second kappa shape index (κ2) is 8.62. The van der Waals surface area contributed by atoms with Crippen LogP contribution in [0.3, 0.4) is 0 Å². The van der Waals surface area contributed by atoms with E-state index in [1.54, 1.807) is 19.2 Å². The van der Waals surface area contributed by atoms with Crippen molar-refractivity contribution in [3.8, 4) is 11.5 Å². The molecular formula is C18H18BrFN2O3. The molecule has 0 atom stereocenters. The maximum Gasteiger partial charge on any atom is 0.271 e. The molecule has 0 saturated carbocycles. The molecule has 2 aromatic carbocycles. The normalized spacial score (nSPS) is 11.0. The molecule has 0 radical (unpaired) electrons. The largest absolute Gasteiger partial charge is 0.493 e. The van der Waals surface area contributed by atoms with Gasteiger partial charge in [-0.05, 0) is 71.7 Å². The van der Waals surface area contributed by atoms with Gasteiger partial charge in [0.2, 0.25) is 0 Å². The first-order valence-corrected chi connectivity index (χ1v) is 8.33. The van der Waals surface area contributed by atoms with Gasteiger partial charge in [-0.15, -0.1) is 0 Å². The number of hydrogen-bond donors (Lipinski definition) is 1. The van der Waals surface area contributed by atoms with Crippen molar-refractivity contribution < 1.29 is 18.7 Å². The Bertz CT molecular complexity index is 777. The van der Waals surface area contributed by atoms with Gasteiger partial charge in [-0.1, -0.05) is 0 Å². The van der Waals surface area contributed by atoms with Crippen molar-refractivity contribution in [2.75, 3.05) is 7.11 Å². The molecule has 0 fully saturated rings. The van der Waals surface area contributed by atoms with E-state index >= 15 is 0 Å². The van der Waals surface area contributed by atoms with Crippen LogP contribution >= 0.6 is 15.9 Å². The molecule has 0 heterocycles. The standard InChI is InChI=1S/C18H18BrFN2O3/c1-11(2)25-17-15(19)8-12(9-16(17)24-3)10-21-22-18(23)13-4-6-14(20)7-5-13/h4-11H,1-3H3,(H,22,23)/b21-10-. The molecule has 0 aliphatic rings. The number of hydrogen-bond acceptors (Lipinski definition) is 4. The van der Waals surface area contributed by atoms with Crippen LogP contribution in [0.1, 0.15) is 29.8 Å². The van der Waals surface area contributed by atoms with Crippen molar-refractivity contribution in [1.29, 1.82) is 0 Å². The number of methoxy groups -OCH3 is 1. The highest BCUT2D eigenvalue weighted by Gasteiger charge is 2.12. The fourth-order valence-electron chi connectivity index (χ4n) is 2.00. The van der Waals surface area contributed by atoms with Crippen LogP contribution in [0.2, 0.25) is 0 Å². The lowest BCUT2D eigenvalue weighted by molar-refractivity contribution is 0.0955. The number of carbonyl (C=O) groups is 1. The van der Waals surface area contributed by atoms with Crippen LogP contribution in [0.15, 0.2) is 46.0 Å². The minimum atomic E-state index is -0.429. The predicted molar refractivity (Wildman–Crippen MR) is 97.9 cm³/mol. The Hall–Kier alpha value is -2.41. The Morgan fingerprint density at radius 1 is 1.28 bits per heavy atom. The van der Waals surface area contributed by atoms with Gasteiger partial charge >= 0.3 is 0 Å². The van der Waals surface area contributed by atoms with E-state index in [0.717, 1.165) is 0 Å². The first-order valence-electron chi connectivity index (χ1n) is 7.54. The Kier molecular flexibility index (Phi) is 6.52. The van der Waals surface area contributed by atoms with Crippen molar-refractivity contribution in [3.05, 3.63) is 57.8 Å². The summed E-state index contributed by atoms with van der Waals surface area (Å²) in [5.74, 6) is 0.321. The number of rotatable bonds is 6. The van der Waals surface area contributed by atoms with Crippen molar-refractivity contribution in [2.24, 2.45) is 5.10 Å². The number of ether oxygens (including phenoxy) is 2. The molecule has 2 aromatic rings. The summed E-state index contributed by atoms with van der Waals surface area (Å²) in [5.41, 5.74) is 3.42. The van der Waals surface area contributed by atoms with Crippen LogP contribution in [0.25, 0.3) is 0 Å². The zero-order valence-corrected chi connectivity index (χ0v) is 15.6. The Morgan fingerprint density at radius 2 is 1.96 bits per heavy atom. The molecule has 0 bridgehead atoms. The summed E-state index contributed by atoms with van der Waals surface area (Å²) < 4.78 is 24.6. The number of nitrogens with one attached hydrogen (secondary N) is 1. The Morgan fingerprint density at radius 3 is 2.56 bits per heavy atom. The minimum Gasteiger partial charge on any atom is -0.493 e. The molecule has 1 amide bonds. The van der Waals surface area contributed by atoms with Crippen molar-refractivity contribution in [2.45, 2.75) is 20.0 Å². The van der Waals surface area contributed by atoms with E-state index in [-0.39, 0.29) is 6.10 Å². The smallest absolute Gasteiger partial charge is 0.271 e. The summed E-state index contributed by atoms with van der Waals surface area (Å²) in [5, 5.41) is 3.91. The maximum absolute atomic E-state index is 12.9. The predicted octanol–water partition coefficient (Wildman–Crippen LogP) is 4.15. The fourth-order valence-corrected chi connectivity index (χ4v) is 2.55. The third-order valence-electron chi connectivity index (χ3n) is 3.09. The molecule has 0 aliphatic carbocycles. The number of amides is 1. The molecule has 132 valence electrons. The molecule has 1 N–H and O–H groups in total. The van der Waals surface area contributed by atoms with Gasteiger partial charge in [0.1, 0.15) is 5.82 Å². The lowest BCUT2D eigenvalue weighted by atomic mass is 10.2. The summed E-state index contributed by atoms with van der Waals surface area (Å²) in [6.07, 6.45) is 1.48. The molecule has 0 saturated heterocycles. The van der Waals surface area contributed by atoms with Crippen LogP contribution in [-0.2, 0) is 0 Å². The van der Waals surface area contributed by atoms with Crippen LogP contribution in [0.5, 0.6) is 11.5 Å². The quantitative estimate of drug-likeness (QED) is 0.576. The minimum absolute atomic E-state index is 0.000264. The molecule has 0 aliphatic heterocycles.